The Bertz CT molecular complexity index is 329. The number of amides is 1. The van der Waals surface area contributed by atoms with Gasteiger partial charge in [0.25, 0.3) is 0 Å². The van der Waals surface area contributed by atoms with Gasteiger partial charge in [-0.2, -0.15) is 0 Å². The molecule has 4 nitrogen and oxygen atoms in total. The zero-order valence-corrected chi connectivity index (χ0v) is 13.0. The molecule has 2 aliphatic heterocycles. The molecule has 2 saturated heterocycles. The molecule has 2 aliphatic rings. The van der Waals surface area contributed by atoms with E-state index >= 15 is 0 Å². The first kappa shape index (κ1) is 14.8. The lowest BCUT2D eigenvalue weighted by Gasteiger charge is -2.39. The summed E-state index contributed by atoms with van der Waals surface area (Å²) in [5.41, 5.74) is 0. The molecule has 0 saturated carbocycles. The fourth-order valence-corrected chi connectivity index (χ4v) is 3.40. The monoisotopic (exact) mass is 267 g/mol. The Balaban J connectivity index is 2.17. The molecule has 0 spiro atoms. The predicted octanol–water partition coefficient (Wildman–Crippen LogP) is 1.52. The molecule has 0 radical (unpaired) electrons. The molecular weight excluding hydrogens is 238 g/mol. The Morgan fingerprint density at radius 3 is 2.42 bits per heavy atom. The smallest absolute Gasteiger partial charge is 0.241 e. The summed E-state index contributed by atoms with van der Waals surface area (Å²) in [5.74, 6) is 1.13. The number of rotatable bonds is 3. The van der Waals surface area contributed by atoms with Gasteiger partial charge in [-0.15, -0.1) is 0 Å². The van der Waals surface area contributed by atoms with Crippen molar-refractivity contribution < 1.29 is 4.79 Å². The molecule has 4 heteroatoms. The number of piperidine rings is 1. The first-order valence-electron chi connectivity index (χ1n) is 7.68. The summed E-state index contributed by atoms with van der Waals surface area (Å²) in [6.07, 6.45) is 2.55. The van der Waals surface area contributed by atoms with E-state index in [-0.39, 0.29) is 12.2 Å². The number of carbonyl (C=O) groups is 1. The SMILES string of the molecule is CC(C)C1NC(C(C)C)N(C2CCCN(C)C2)C1=O. The van der Waals surface area contributed by atoms with E-state index in [0.29, 0.717) is 23.8 Å². The van der Waals surface area contributed by atoms with Gasteiger partial charge in [-0.3, -0.25) is 10.1 Å². The van der Waals surface area contributed by atoms with Gasteiger partial charge in [0.2, 0.25) is 5.91 Å². The van der Waals surface area contributed by atoms with E-state index in [1.54, 1.807) is 0 Å². The standard InChI is InChI=1S/C15H29N3O/c1-10(2)13-15(19)18(14(16-13)11(3)4)12-7-6-8-17(5)9-12/h10-14,16H,6-9H2,1-5H3. The summed E-state index contributed by atoms with van der Waals surface area (Å²) in [6.45, 7) is 10.8. The van der Waals surface area contributed by atoms with Crippen molar-refractivity contribution in [3.05, 3.63) is 0 Å². The van der Waals surface area contributed by atoms with Crippen LogP contribution in [0.25, 0.3) is 0 Å². The van der Waals surface area contributed by atoms with Crippen molar-refractivity contribution in [3.63, 3.8) is 0 Å². The number of hydrogen-bond donors (Lipinski definition) is 1. The minimum Gasteiger partial charge on any atom is -0.321 e. The third kappa shape index (κ3) is 2.95. The summed E-state index contributed by atoms with van der Waals surface area (Å²) in [6, 6.07) is 0.384. The second kappa shape index (κ2) is 5.80. The van der Waals surface area contributed by atoms with Gasteiger partial charge in [0, 0.05) is 12.6 Å². The number of likely N-dealkylation sites (N-methyl/N-ethyl adjacent to an activating group) is 1. The van der Waals surface area contributed by atoms with E-state index < -0.39 is 0 Å². The highest BCUT2D eigenvalue weighted by Crippen LogP contribution is 2.27. The number of carbonyl (C=O) groups excluding carboxylic acids is 1. The number of likely N-dealkylation sites (tertiary alicyclic amines) is 1. The van der Waals surface area contributed by atoms with Gasteiger partial charge in [0.05, 0.1) is 12.2 Å². The molecule has 0 bridgehead atoms. The van der Waals surface area contributed by atoms with Crippen LogP contribution in [0.3, 0.4) is 0 Å². The quantitative estimate of drug-likeness (QED) is 0.842. The van der Waals surface area contributed by atoms with Crippen molar-refractivity contribution in [1.29, 1.82) is 0 Å². The van der Waals surface area contributed by atoms with E-state index in [1.165, 1.54) is 6.42 Å². The maximum Gasteiger partial charge on any atom is 0.241 e. The van der Waals surface area contributed by atoms with Gasteiger partial charge in [-0.1, -0.05) is 27.7 Å². The fraction of sp³-hybridized carbons (Fsp3) is 0.933. The molecule has 2 rings (SSSR count). The number of nitrogens with one attached hydrogen (secondary N) is 1. The van der Waals surface area contributed by atoms with Crippen LogP contribution in [-0.4, -0.2) is 54.1 Å². The maximum absolute atomic E-state index is 12.7. The molecule has 0 aliphatic carbocycles. The Morgan fingerprint density at radius 1 is 1.21 bits per heavy atom. The van der Waals surface area contributed by atoms with Crippen LogP contribution in [0.15, 0.2) is 0 Å². The lowest BCUT2D eigenvalue weighted by atomic mass is 10.0. The predicted molar refractivity (Wildman–Crippen MR) is 77.8 cm³/mol. The molecule has 19 heavy (non-hydrogen) atoms. The highest BCUT2D eigenvalue weighted by atomic mass is 16.2. The molecular formula is C15H29N3O. The first-order chi connectivity index (χ1) is 8.91. The molecule has 0 aromatic rings. The van der Waals surface area contributed by atoms with Crippen LogP contribution >= 0.6 is 0 Å². The summed E-state index contributed by atoms with van der Waals surface area (Å²) < 4.78 is 0. The van der Waals surface area contributed by atoms with E-state index in [9.17, 15) is 4.79 Å². The van der Waals surface area contributed by atoms with Crippen molar-refractivity contribution in [2.24, 2.45) is 11.8 Å². The second-order valence-electron chi connectivity index (χ2n) is 6.88. The average Bonchev–Trinajstić information content (AvgIpc) is 2.67. The summed E-state index contributed by atoms with van der Waals surface area (Å²) in [7, 11) is 2.16. The Labute approximate surface area is 117 Å². The molecule has 3 atom stereocenters. The molecule has 0 aromatic heterocycles. The number of nitrogens with zero attached hydrogens (tertiary/aromatic N) is 2. The number of hydrogen-bond acceptors (Lipinski definition) is 3. The van der Waals surface area contributed by atoms with Crippen molar-refractivity contribution in [1.82, 2.24) is 15.1 Å². The second-order valence-corrected chi connectivity index (χ2v) is 6.88. The van der Waals surface area contributed by atoms with Crippen molar-refractivity contribution in [2.45, 2.75) is 58.8 Å². The van der Waals surface area contributed by atoms with Crippen LogP contribution in [0.5, 0.6) is 0 Å². The van der Waals surface area contributed by atoms with Gasteiger partial charge in [-0.05, 0) is 38.3 Å². The molecule has 3 unspecified atom stereocenters. The third-order valence-electron chi connectivity index (χ3n) is 4.46. The van der Waals surface area contributed by atoms with Gasteiger partial charge >= 0.3 is 0 Å². The van der Waals surface area contributed by atoms with Gasteiger partial charge in [-0.25, -0.2) is 0 Å². The fourth-order valence-electron chi connectivity index (χ4n) is 3.40. The van der Waals surface area contributed by atoms with Crippen LogP contribution < -0.4 is 5.32 Å². The topological polar surface area (TPSA) is 35.6 Å². The first-order valence-corrected chi connectivity index (χ1v) is 7.68. The van der Waals surface area contributed by atoms with Crippen LogP contribution in [0, 0.1) is 11.8 Å². The average molecular weight is 267 g/mol. The van der Waals surface area contributed by atoms with Crippen LogP contribution in [0.4, 0.5) is 0 Å². The zero-order chi connectivity index (χ0) is 14.2. The van der Waals surface area contributed by atoms with E-state index in [0.717, 1.165) is 19.5 Å². The lowest BCUT2D eigenvalue weighted by molar-refractivity contribution is -0.134. The Morgan fingerprint density at radius 2 is 1.89 bits per heavy atom. The Kier molecular flexibility index (Phi) is 4.51. The minimum absolute atomic E-state index is 0.000340. The lowest BCUT2D eigenvalue weighted by Crippen LogP contribution is -2.53. The van der Waals surface area contributed by atoms with Crippen LogP contribution in [-0.2, 0) is 4.79 Å². The Hall–Kier alpha value is -0.610. The summed E-state index contributed by atoms with van der Waals surface area (Å²) in [4.78, 5) is 17.2. The van der Waals surface area contributed by atoms with Crippen molar-refractivity contribution in [3.8, 4) is 0 Å². The third-order valence-corrected chi connectivity index (χ3v) is 4.46. The van der Waals surface area contributed by atoms with E-state index in [1.807, 2.05) is 0 Å². The van der Waals surface area contributed by atoms with Crippen molar-refractivity contribution in [2.75, 3.05) is 20.1 Å². The molecule has 1 amide bonds. The molecule has 1 N–H and O–H groups in total. The molecule has 110 valence electrons. The van der Waals surface area contributed by atoms with Crippen LogP contribution in [0.1, 0.15) is 40.5 Å². The highest BCUT2D eigenvalue weighted by Gasteiger charge is 2.45. The van der Waals surface area contributed by atoms with Gasteiger partial charge in [0.15, 0.2) is 0 Å². The van der Waals surface area contributed by atoms with E-state index in [4.69, 9.17) is 0 Å². The van der Waals surface area contributed by atoms with Crippen molar-refractivity contribution >= 4 is 5.91 Å². The molecule has 0 aromatic carbocycles. The molecule has 2 fully saturated rings. The molecule has 2 heterocycles. The summed E-state index contributed by atoms with van der Waals surface area (Å²) in [5, 5.41) is 3.56. The van der Waals surface area contributed by atoms with Crippen LogP contribution in [0.2, 0.25) is 0 Å². The maximum atomic E-state index is 12.7. The zero-order valence-electron chi connectivity index (χ0n) is 13.0. The van der Waals surface area contributed by atoms with E-state index in [2.05, 4.69) is 49.9 Å². The largest absolute Gasteiger partial charge is 0.321 e. The normalized spacial score (nSPS) is 33.7. The van der Waals surface area contributed by atoms with Gasteiger partial charge in [0.1, 0.15) is 0 Å². The van der Waals surface area contributed by atoms with Gasteiger partial charge < -0.3 is 9.80 Å². The highest BCUT2D eigenvalue weighted by molar-refractivity contribution is 5.85. The minimum atomic E-state index is -0.000340. The summed E-state index contributed by atoms with van der Waals surface area (Å²) >= 11 is 0.